The third-order valence-corrected chi connectivity index (χ3v) is 3.96. The summed E-state index contributed by atoms with van der Waals surface area (Å²) in [5, 5.41) is 3.37. The highest BCUT2D eigenvalue weighted by Gasteiger charge is 2.33. The molecule has 0 saturated carbocycles. The average Bonchev–Trinajstić information content (AvgIpc) is 2.55. The standard InChI is InChI=1S/C14H23N3/c1-15-12-14(13-5-3-8-16-11-13)6-4-9-17(2)10-7-14/h3,5,8,11,15H,4,6-7,9-10,12H2,1-2H3. The minimum Gasteiger partial charge on any atom is -0.319 e. The van der Waals surface area contributed by atoms with Crippen molar-refractivity contribution in [1.29, 1.82) is 0 Å². The van der Waals surface area contributed by atoms with Crippen molar-refractivity contribution in [2.24, 2.45) is 0 Å². The summed E-state index contributed by atoms with van der Waals surface area (Å²) in [7, 11) is 4.27. The summed E-state index contributed by atoms with van der Waals surface area (Å²) in [5.41, 5.74) is 1.66. The first-order chi connectivity index (χ1) is 8.27. The molecular formula is C14H23N3. The van der Waals surface area contributed by atoms with Gasteiger partial charge in [-0.2, -0.15) is 0 Å². The van der Waals surface area contributed by atoms with Gasteiger partial charge in [-0.25, -0.2) is 0 Å². The lowest BCUT2D eigenvalue weighted by Crippen LogP contribution is -2.37. The van der Waals surface area contributed by atoms with Crippen LogP contribution in [0.2, 0.25) is 0 Å². The van der Waals surface area contributed by atoms with Gasteiger partial charge in [0.25, 0.3) is 0 Å². The zero-order valence-electron chi connectivity index (χ0n) is 10.9. The fraction of sp³-hybridized carbons (Fsp3) is 0.643. The van der Waals surface area contributed by atoms with Gasteiger partial charge in [-0.3, -0.25) is 4.98 Å². The zero-order chi connectivity index (χ0) is 12.1. The third-order valence-electron chi connectivity index (χ3n) is 3.96. The molecule has 1 aliphatic rings. The molecule has 1 saturated heterocycles. The van der Waals surface area contributed by atoms with Gasteiger partial charge in [-0.05, 0) is 58.1 Å². The second-order valence-electron chi connectivity index (χ2n) is 5.21. The van der Waals surface area contributed by atoms with Gasteiger partial charge in [0.15, 0.2) is 0 Å². The lowest BCUT2D eigenvalue weighted by molar-refractivity contribution is 0.321. The summed E-state index contributed by atoms with van der Waals surface area (Å²) in [6.07, 6.45) is 7.65. The van der Waals surface area contributed by atoms with Crippen molar-refractivity contribution < 1.29 is 0 Å². The SMILES string of the molecule is CNCC1(c2cccnc2)CCCN(C)CC1. The first kappa shape index (κ1) is 12.5. The molecule has 1 aliphatic heterocycles. The number of rotatable bonds is 3. The molecule has 0 aromatic carbocycles. The van der Waals surface area contributed by atoms with E-state index in [1.807, 2.05) is 19.4 Å². The van der Waals surface area contributed by atoms with Gasteiger partial charge in [-0.15, -0.1) is 0 Å². The maximum absolute atomic E-state index is 4.30. The quantitative estimate of drug-likeness (QED) is 0.860. The van der Waals surface area contributed by atoms with E-state index in [9.17, 15) is 0 Å². The summed E-state index contributed by atoms with van der Waals surface area (Å²) in [5.74, 6) is 0. The van der Waals surface area contributed by atoms with Gasteiger partial charge in [0.1, 0.15) is 0 Å². The molecule has 0 aliphatic carbocycles. The van der Waals surface area contributed by atoms with Crippen molar-refractivity contribution in [3.8, 4) is 0 Å². The van der Waals surface area contributed by atoms with Crippen molar-refractivity contribution in [2.45, 2.75) is 24.7 Å². The van der Waals surface area contributed by atoms with E-state index in [0.29, 0.717) is 0 Å². The zero-order valence-corrected chi connectivity index (χ0v) is 10.9. The van der Waals surface area contributed by atoms with Crippen LogP contribution in [0.4, 0.5) is 0 Å². The molecule has 1 atom stereocenters. The summed E-state index contributed by atoms with van der Waals surface area (Å²) in [6.45, 7) is 3.44. The number of aromatic nitrogens is 1. The van der Waals surface area contributed by atoms with E-state index >= 15 is 0 Å². The number of hydrogen-bond acceptors (Lipinski definition) is 3. The van der Waals surface area contributed by atoms with E-state index in [1.165, 1.54) is 37.9 Å². The van der Waals surface area contributed by atoms with Gasteiger partial charge in [0, 0.05) is 24.4 Å². The second-order valence-corrected chi connectivity index (χ2v) is 5.21. The molecule has 94 valence electrons. The topological polar surface area (TPSA) is 28.2 Å². The third kappa shape index (κ3) is 2.85. The van der Waals surface area contributed by atoms with Gasteiger partial charge in [-0.1, -0.05) is 6.07 Å². The lowest BCUT2D eigenvalue weighted by Gasteiger charge is -2.33. The van der Waals surface area contributed by atoms with Crippen molar-refractivity contribution in [1.82, 2.24) is 15.2 Å². The molecule has 1 N–H and O–H groups in total. The molecule has 1 unspecified atom stereocenters. The Morgan fingerprint density at radius 1 is 1.41 bits per heavy atom. The monoisotopic (exact) mass is 233 g/mol. The molecule has 17 heavy (non-hydrogen) atoms. The van der Waals surface area contributed by atoms with E-state index in [-0.39, 0.29) is 5.41 Å². The second kappa shape index (κ2) is 5.61. The van der Waals surface area contributed by atoms with Crippen molar-refractivity contribution in [3.05, 3.63) is 30.1 Å². The van der Waals surface area contributed by atoms with Crippen LogP contribution in [0.5, 0.6) is 0 Å². The Morgan fingerprint density at radius 2 is 2.29 bits per heavy atom. The van der Waals surface area contributed by atoms with E-state index in [1.54, 1.807) is 0 Å². The predicted octanol–water partition coefficient (Wildman–Crippen LogP) is 1.65. The summed E-state index contributed by atoms with van der Waals surface area (Å²) >= 11 is 0. The predicted molar refractivity (Wildman–Crippen MR) is 71.2 cm³/mol. The normalized spacial score (nSPS) is 26.7. The smallest absolute Gasteiger partial charge is 0.0306 e. The van der Waals surface area contributed by atoms with E-state index < -0.39 is 0 Å². The molecule has 2 rings (SSSR count). The first-order valence-electron chi connectivity index (χ1n) is 6.50. The van der Waals surface area contributed by atoms with Crippen LogP contribution in [0.25, 0.3) is 0 Å². The van der Waals surface area contributed by atoms with Gasteiger partial charge >= 0.3 is 0 Å². The number of pyridine rings is 1. The number of hydrogen-bond donors (Lipinski definition) is 1. The molecule has 0 spiro atoms. The van der Waals surface area contributed by atoms with Crippen LogP contribution < -0.4 is 5.32 Å². The van der Waals surface area contributed by atoms with Crippen molar-refractivity contribution in [2.75, 3.05) is 33.7 Å². The van der Waals surface area contributed by atoms with E-state index in [2.05, 4.69) is 34.4 Å². The molecule has 1 aromatic heterocycles. The van der Waals surface area contributed by atoms with Crippen LogP contribution in [0, 0.1) is 0 Å². The van der Waals surface area contributed by atoms with Crippen LogP contribution in [0.15, 0.2) is 24.5 Å². The molecule has 0 bridgehead atoms. The van der Waals surface area contributed by atoms with Crippen molar-refractivity contribution >= 4 is 0 Å². The Hall–Kier alpha value is -0.930. The molecular weight excluding hydrogens is 210 g/mol. The fourth-order valence-corrected chi connectivity index (χ4v) is 2.91. The van der Waals surface area contributed by atoms with Crippen LogP contribution in [-0.4, -0.2) is 43.6 Å². The minimum atomic E-state index is 0.272. The maximum atomic E-state index is 4.30. The highest BCUT2D eigenvalue weighted by Crippen LogP contribution is 2.34. The van der Waals surface area contributed by atoms with E-state index in [4.69, 9.17) is 0 Å². The lowest BCUT2D eigenvalue weighted by atomic mass is 9.75. The largest absolute Gasteiger partial charge is 0.319 e. The Morgan fingerprint density at radius 3 is 3.00 bits per heavy atom. The van der Waals surface area contributed by atoms with Crippen LogP contribution >= 0.6 is 0 Å². The molecule has 1 fully saturated rings. The average molecular weight is 233 g/mol. The molecule has 3 nitrogen and oxygen atoms in total. The van der Waals surface area contributed by atoms with Crippen LogP contribution in [-0.2, 0) is 5.41 Å². The molecule has 0 amide bonds. The molecule has 2 heterocycles. The Bertz CT molecular complexity index is 339. The number of likely N-dealkylation sites (tertiary alicyclic amines) is 1. The van der Waals surface area contributed by atoms with E-state index in [0.717, 1.165) is 6.54 Å². The molecule has 3 heteroatoms. The highest BCUT2D eigenvalue weighted by molar-refractivity contribution is 5.23. The summed E-state index contributed by atoms with van der Waals surface area (Å²) in [6, 6.07) is 4.29. The van der Waals surface area contributed by atoms with Gasteiger partial charge in [0.2, 0.25) is 0 Å². The molecule has 1 aromatic rings. The summed E-state index contributed by atoms with van der Waals surface area (Å²) in [4.78, 5) is 6.73. The Kier molecular flexibility index (Phi) is 4.13. The fourth-order valence-electron chi connectivity index (χ4n) is 2.91. The maximum Gasteiger partial charge on any atom is 0.0306 e. The number of nitrogens with zero attached hydrogens (tertiary/aromatic N) is 2. The van der Waals surface area contributed by atoms with Crippen molar-refractivity contribution in [3.63, 3.8) is 0 Å². The Labute approximate surface area is 104 Å². The Balaban J connectivity index is 2.25. The molecule has 0 radical (unpaired) electrons. The number of nitrogens with one attached hydrogen (secondary N) is 1. The van der Waals surface area contributed by atoms with Gasteiger partial charge in [0.05, 0.1) is 0 Å². The summed E-state index contributed by atoms with van der Waals surface area (Å²) < 4.78 is 0. The van der Waals surface area contributed by atoms with Gasteiger partial charge < -0.3 is 10.2 Å². The first-order valence-corrected chi connectivity index (χ1v) is 6.50. The number of likely N-dealkylation sites (N-methyl/N-ethyl adjacent to an activating group) is 1. The van der Waals surface area contributed by atoms with Crippen LogP contribution in [0.1, 0.15) is 24.8 Å². The minimum absolute atomic E-state index is 0.272. The van der Waals surface area contributed by atoms with Crippen LogP contribution in [0.3, 0.4) is 0 Å². The highest BCUT2D eigenvalue weighted by atomic mass is 15.1.